The number of rotatable bonds is 8. The number of hydrogen-bond acceptors (Lipinski definition) is 8. The Labute approximate surface area is 172 Å². The molecule has 2 aromatic carbocycles. The van der Waals surface area contributed by atoms with Gasteiger partial charge >= 0.3 is 5.97 Å². The summed E-state index contributed by atoms with van der Waals surface area (Å²) in [5.41, 5.74) is 1.28. The summed E-state index contributed by atoms with van der Waals surface area (Å²) in [5.74, 6) is -0.680. The molecule has 0 aliphatic carbocycles. The van der Waals surface area contributed by atoms with Crippen LogP contribution in [0.15, 0.2) is 47.4 Å². The van der Waals surface area contributed by atoms with Crippen LogP contribution in [0.3, 0.4) is 0 Å². The van der Waals surface area contributed by atoms with E-state index < -0.39 is 16.0 Å². The molecule has 0 amide bonds. The van der Waals surface area contributed by atoms with Crippen LogP contribution in [0, 0.1) is 0 Å². The van der Waals surface area contributed by atoms with Gasteiger partial charge in [0.1, 0.15) is 11.6 Å². The van der Waals surface area contributed by atoms with Crippen molar-refractivity contribution in [2.45, 2.75) is 11.5 Å². The van der Waals surface area contributed by atoms with Gasteiger partial charge in [-0.15, -0.1) is 11.3 Å². The Morgan fingerprint density at radius 3 is 2.69 bits per heavy atom. The number of aliphatic hydroxyl groups is 1. The smallest absolute Gasteiger partial charge is 0.340 e. The zero-order valence-corrected chi connectivity index (χ0v) is 17.6. The predicted molar refractivity (Wildman–Crippen MR) is 112 cm³/mol. The van der Waals surface area contributed by atoms with E-state index in [1.54, 1.807) is 0 Å². The van der Waals surface area contributed by atoms with E-state index in [1.807, 2.05) is 24.3 Å². The lowest BCUT2D eigenvalue weighted by Crippen LogP contribution is -2.23. The van der Waals surface area contributed by atoms with Crippen LogP contribution in [-0.4, -0.2) is 56.0 Å². The summed E-state index contributed by atoms with van der Waals surface area (Å²) in [5, 5.41) is 12.6. The van der Waals surface area contributed by atoms with Crippen molar-refractivity contribution in [3.8, 4) is 0 Å². The van der Waals surface area contributed by atoms with Crippen molar-refractivity contribution in [1.82, 2.24) is 9.29 Å². The van der Waals surface area contributed by atoms with Gasteiger partial charge < -0.3 is 15.2 Å². The number of carbonyl (C=O) groups excluding carboxylic acids is 1. The molecule has 0 saturated carbocycles. The second kappa shape index (κ2) is 8.87. The molecule has 10 heteroatoms. The van der Waals surface area contributed by atoms with E-state index >= 15 is 0 Å². The number of esters is 1. The van der Waals surface area contributed by atoms with Gasteiger partial charge in [-0.2, -0.15) is 0 Å². The first-order valence-electron chi connectivity index (χ1n) is 8.76. The summed E-state index contributed by atoms with van der Waals surface area (Å²) < 4.78 is 32.3. The molecule has 3 rings (SSSR count). The van der Waals surface area contributed by atoms with Crippen molar-refractivity contribution in [1.29, 1.82) is 0 Å². The number of anilines is 1. The Bertz CT molecular complexity index is 1090. The molecule has 0 saturated heterocycles. The van der Waals surface area contributed by atoms with Crippen molar-refractivity contribution in [2.24, 2.45) is 0 Å². The Morgan fingerprint density at radius 2 is 2.00 bits per heavy atom. The van der Waals surface area contributed by atoms with Crippen molar-refractivity contribution in [3.63, 3.8) is 0 Å². The van der Waals surface area contributed by atoms with E-state index in [2.05, 4.69) is 10.3 Å². The summed E-state index contributed by atoms with van der Waals surface area (Å²) in [7, 11) is -0.886. The second-order valence-corrected chi connectivity index (χ2v) is 9.56. The van der Waals surface area contributed by atoms with Crippen molar-refractivity contribution in [3.05, 3.63) is 53.0 Å². The number of nitrogens with one attached hydrogen (secondary N) is 1. The monoisotopic (exact) mass is 435 g/mol. The molecule has 0 radical (unpaired) electrons. The highest BCUT2D eigenvalue weighted by Crippen LogP contribution is 2.25. The van der Waals surface area contributed by atoms with Crippen LogP contribution in [0.4, 0.5) is 5.69 Å². The zero-order chi connectivity index (χ0) is 21.0. The number of benzene rings is 2. The van der Waals surface area contributed by atoms with Crippen LogP contribution in [0.1, 0.15) is 15.4 Å². The van der Waals surface area contributed by atoms with E-state index in [-0.39, 0.29) is 30.2 Å². The standard InChI is InChI=1S/C19H21N3O5S2/c1-22(2)29(25,26)13-7-8-15(20-9-10-23)14(11-13)19(24)27-12-18-21-16-5-3-4-6-17(16)28-18/h3-8,11,20,23H,9-10,12H2,1-2H3. The number of ether oxygens (including phenoxy) is 1. The molecule has 1 aromatic heterocycles. The summed E-state index contributed by atoms with van der Waals surface area (Å²) in [6.45, 7) is 0.0398. The highest BCUT2D eigenvalue weighted by Gasteiger charge is 2.22. The van der Waals surface area contributed by atoms with Crippen LogP contribution in [-0.2, 0) is 21.4 Å². The molecule has 0 spiro atoms. The number of para-hydroxylation sites is 1. The number of hydrogen-bond donors (Lipinski definition) is 2. The average molecular weight is 436 g/mol. The van der Waals surface area contributed by atoms with Gasteiger partial charge in [-0.25, -0.2) is 22.5 Å². The summed E-state index contributed by atoms with van der Waals surface area (Å²) in [6.07, 6.45) is 0. The molecule has 0 atom stereocenters. The fourth-order valence-electron chi connectivity index (χ4n) is 2.59. The number of thiazole rings is 1. The lowest BCUT2D eigenvalue weighted by molar-refractivity contribution is 0.0473. The lowest BCUT2D eigenvalue weighted by Gasteiger charge is -2.15. The lowest BCUT2D eigenvalue weighted by atomic mass is 10.2. The molecule has 154 valence electrons. The van der Waals surface area contributed by atoms with E-state index in [0.29, 0.717) is 10.7 Å². The normalized spacial score (nSPS) is 11.7. The summed E-state index contributed by atoms with van der Waals surface area (Å²) >= 11 is 1.42. The van der Waals surface area contributed by atoms with Gasteiger partial charge in [0, 0.05) is 26.3 Å². The number of aromatic nitrogens is 1. The van der Waals surface area contributed by atoms with Crippen LogP contribution in [0.2, 0.25) is 0 Å². The zero-order valence-electron chi connectivity index (χ0n) is 16.0. The summed E-state index contributed by atoms with van der Waals surface area (Å²) in [6, 6.07) is 11.8. The molecule has 3 aromatic rings. The van der Waals surface area contributed by atoms with E-state index in [9.17, 15) is 13.2 Å². The first-order chi connectivity index (χ1) is 13.8. The molecule has 0 aliphatic heterocycles. The predicted octanol–water partition coefficient (Wildman–Crippen LogP) is 2.31. The maximum absolute atomic E-state index is 12.7. The van der Waals surface area contributed by atoms with Gasteiger partial charge in [-0.3, -0.25) is 0 Å². The van der Waals surface area contributed by atoms with E-state index in [4.69, 9.17) is 9.84 Å². The fraction of sp³-hybridized carbons (Fsp3) is 0.263. The second-order valence-electron chi connectivity index (χ2n) is 6.30. The minimum atomic E-state index is -3.72. The third-order valence-electron chi connectivity index (χ3n) is 4.08. The third-order valence-corrected chi connectivity index (χ3v) is 6.90. The van der Waals surface area contributed by atoms with Gasteiger partial charge in [-0.1, -0.05) is 12.1 Å². The molecule has 0 unspecified atom stereocenters. The van der Waals surface area contributed by atoms with Gasteiger partial charge in [0.15, 0.2) is 0 Å². The first kappa shape index (κ1) is 21.2. The molecule has 0 bridgehead atoms. The number of aliphatic hydroxyl groups excluding tert-OH is 1. The van der Waals surface area contributed by atoms with Gasteiger partial charge in [0.05, 0.1) is 27.3 Å². The molecular formula is C19H21N3O5S2. The number of fused-ring (bicyclic) bond motifs is 1. The van der Waals surface area contributed by atoms with Crippen LogP contribution >= 0.6 is 11.3 Å². The Balaban J connectivity index is 1.86. The Hall–Kier alpha value is -2.53. The maximum Gasteiger partial charge on any atom is 0.340 e. The molecule has 2 N–H and O–H groups in total. The molecule has 8 nitrogen and oxygen atoms in total. The minimum Gasteiger partial charge on any atom is -0.455 e. The SMILES string of the molecule is CN(C)S(=O)(=O)c1ccc(NCCO)c(C(=O)OCc2nc3ccccc3s2)c1. The highest BCUT2D eigenvalue weighted by atomic mass is 32.2. The fourth-order valence-corrected chi connectivity index (χ4v) is 4.40. The molecular weight excluding hydrogens is 414 g/mol. The van der Waals surface area contributed by atoms with Crippen molar-refractivity contribution < 1.29 is 23.1 Å². The van der Waals surface area contributed by atoms with Gasteiger partial charge in [-0.05, 0) is 30.3 Å². The molecule has 0 aliphatic rings. The van der Waals surface area contributed by atoms with Crippen molar-refractivity contribution >= 4 is 43.2 Å². The van der Waals surface area contributed by atoms with E-state index in [0.717, 1.165) is 14.5 Å². The number of carbonyl (C=O) groups is 1. The maximum atomic E-state index is 12.7. The van der Waals surface area contributed by atoms with Gasteiger partial charge in [0.2, 0.25) is 10.0 Å². The molecule has 29 heavy (non-hydrogen) atoms. The van der Waals surface area contributed by atoms with Crippen LogP contribution in [0.25, 0.3) is 10.2 Å². The minimum absolute atomic E-state index is 0.0241. The van der Waals surface area contributed by atoms with Crippen LogP contribution in [0.5, 0.6) is 0 Å². The summed E-state index contributed by atoms with van der Waals surface area (Å²) in [4.78, 5) is 17.1. The average Bonchev–Trinajstić information content (AvgIpc) is 3.13. The first-order valence-corrected chi connectivity index (χ1v) is 11.0. The highest BCUT2D eigenvalue weighted by molar-refractivity contribution is 7.89. The van der Waals surface area contributed by atoms with E-state index in [1.165, 1.54) is 43.6 Å². The van der Waals surface area contributed by atoms with Crippen LogP contribution < -0.4 is 5.32 Å². The Kier molecular flexibility index (Phi) is 6.48. The Morgan fingerprint density at radius 1 is 1.24 bits per heavy atom. The van der Waals surface area contributed by atoms with Crippen molar-refractivity contribution in [2.75, 3.05) is 32.6 Å². The number of nitrogens with zero attached hydrogens (tertiary/aromatic N) is 2. The topological polar surface area (TPSA) is 109 Å². The number of sulfonamides is 1. The molecule has 1 heterocycles. The van der Waals surface area contributed by atoms with Gasteiger partial charge in [0.25, 0.3) is 0 Å². The third kappa shape index (κ3) is 4.73. The quantitative estimate of drug-likeness (QED) is 0.523. The molecule has 0 fully saturated rings. The largest absolute Gasteiger partial charge is 0.455 e.